The van der Waals surface area contributed by atoms with Crippen LogP contribution in [0.2, 0.25) is 0 Å². The van der Waals surface area contributed by atoms with Crippen LogP contribution in [-0.2, 0) is 4.79 Å². The van der Waals surface area contributed by atoms with Crippen LogP contribution in [0, 0.1) is 0 Å². The van der Waals surface area contributed by atoms with Gasteiger partial charge in [-0.05, 0) is 28.9 Å². The van der Waals surface area contributed by atoms with E-state index in [1.807, 2.05) is 0 Å². The van der Waals surface area contributed by atoms with Crippen LogP contribution in [0.1, 0.15) is 18.4 Å². The molecule has 1 aliphatic rings. The Morgan fingerprint density at radius 3 is 2.88 bits per heavy atom. The summed E-state index contributed by atoms with van der Waals surface area (Å²) in [6.07, 6.45) is 0. The first-order chi connectivity index (χ1) is 8.06. The number of carbonyl (C=O) groups is 1. The highest BCUT2D eigenvalue weighted by Gasteiger charge is 2.28. The Kier molecular flexibility index (Phi) is 3.15. The molecule has 0 saturated heterocycles. The molecule has 17 heavy (non-hydrogen) atoms. The van der Waals surface area contributed by atoms with E-state index in [0.29, 0.717) is 27.3 Å². The lowest BCUT2D eigenvalue weighted by molar-refractivity contribution is -0.138. The van der Waals surface area contributed by atoms with E-state index in [9.17, 15) is 4.79 Å². The van der Waals surface area contributed by atoms with Crippen molar-refractivity contribution in [3.8, 4) is 17.2 Å². The quantitative estimate of drug-likeness (QED) is 0.928. The molecule has 0 saturated carbocycles. The predicted molar refractivity (Wildman–Crippen MR) is 62.9 cm³/mol. The maximum atomic E-state index is 11.0. The molecule has 6 heteroatoms. The number of carboxylic acid groups (broad SMARTS) is 1. The summed E-state index contributed by atoms with van der Waals surface area (Å²) < 4.78 is 16.3. The first kappa shape index (κ1) is 12.0. The van der Waals surface area contributed by atoms with Gasteiger partial charge in [-0.3, -0.25) is 4.79 Å². The molecule has 0 amide bonds. The van der Waals surface area contributed by atoms with Crippen molar-refractivity contribution in [2.24, 2.45) is 0 Å². The van der Waals surface area contributed by atoms with E-state index in [0.717, 1.165) is 0 Å². The van der Waals surface area contributed by atoms with Gasteiger partial charge in [-0.15, -0.1) is 0 Å². The predicted octanol–water partition coefficient (Wildman–Crippen LogP) is 2.37. The molecule has 1 N–H and O–H groups in total. The van der Waals surface area contributed by atoms with Crippen LogP contribution >= 0.6 is 15.9 Å². The van der Waals surface area contributed by atoms with Crippen molar-refractivity contribution < 1.29 is 24.1 Å². The summed E-state index contributed by atoms with van der Waals surface area (Å²) in [6.45, 7) is 1.72. The highest BCUT2D eigenvalue weighted by molar-refractivity contribution is 9.10. The largest absolute Gasteiger partial charge is 0.495 e. The van der Waals surface area contributed by atoms with Gasteiger partial charge in [0.1, 0.15) is 10.2 Å². The Balaban J connectivity index is 2.59. The molecule has 0 spiro atoms. The van der Waals surface area contributed by atoms with Crippen molar-refractivity contribution in [3.63, 3.8) is 0 Å². The lowest BCUT2D eigenvalue weighted by Crippen LogP contribution is -2.09. The third kappa shape index (κ3) is 1.93. The zero-order chi connectivity index (χ0) is 12.6. The number of aliphatic carboxylic acids is 1. The Morgan fingerprint density at radius 1 is 1.59 bits per heavy atom. The number of hydrogen-bond acceptors (Lipinski definition) is 4. The first-order valence-electron chi connectivity index (χ1n) is 4.95. The number of hydrogen-bond donors (Lipinski definition) is 1. The minimum Gasteiger partial charge on any atom is -0.495 e. The maximum Gasteiger partial charge on any atom is 0.310 e. The van der Waals surface area contributed by atoms with Crippen LogP contribution < -0.4 is 14.2 Å². The summed E-state index contributed by atoms with van der Waals surface area (Å²) in [5.41, 5.74) is 0.552. The normalized spacial score (nSPS) is 14.5. The molecule has 1 aromatic rings. The average molecular weight is 303 g/mol. The van der Waals surface area contributed by atoms with Gasteiger partial charge in [0.25, 0.3) is 0 Å². The highest BCUT2D eigenvalue weighted by Crippen LogP contribution is 2.48. The maximum absolute atomic E-state index is 11.0. The van der Waals surface area contributed by atoms with E-state index < -0.39 is 11.9 Å². The third-order valence-electron chi connectivity index (χ3n) is 2.63. The molecule has 5 nitrogen and oxygen atoms in total. The molecule has 1 atom stereocenters. The summed E-state index contributed by atoms with van der Waals surface area (Å²) in [5.74, 6) is -0.0714. The summed E-state index contributed by atoms with van der Waals surface area (Å²) >= 11 is 3.34. The Bertz CT molecular complexity index is 471. The smallest absolute Gasteiger partial charge is 0.310 e. The number of rotatable bonds is 3. The second-order valence-corrected chi connectivity index (χ2v) is 4.40. The number of benzene rings is 1. The van der Waals surface area contributed by atoms with Crippen LogP contribution in [0.3, 0.4) is 0 Å². The minimum atomic E-state index is -0.922. The summed E-state index contributed by atoms with van der Waals surface area (Å²) in [6, 6.07) is 1.64. The monoisotopic (exact) mass is 302 g/mol. The number of carboxylic acids is 1. The minimum absolute atomic E-state index is 0.127. The fourth-order valence-corrected chi connectivity index (χ4v) is 2.37. The van der Waals surface area contributed by atoms with E-state index in [1.165, 1.54) is 7.11 Å². The zero-order valence-electron chi connectivity index (χ0n) is 9.32. The molecule has 2 rings (SSSR count). The van der Waals surface area contributed by atoms with Crippen molar-refractivity contribution in [2.45, 2.75) is 12.8 Å². The third-order valence-corrected chi connectivity index (χ3v) is 3.35. The molecule has 0 bridgehead atoms. The van der Waals surface area contributed by atoms with E-state index in [-0.39, 0.29) is 6.79 Å². The van der Waals surface area contributed by atoms with Gasteiger partial charge in [0.2, 0.25) is 6.79 Å². The van der Waals surface area contributed by atoms with Gasteiger partial charge in [0.15, 0.2) is 11.5 Å². The van der Waals surface area contributed by atoms with E-state index in [4.69, 9.17) is 19.3 Å². The molecular formula is C11H11BrO5. The molecule has 1 aromatic carbocycles. The number of fused-ring (bicyclic) bond motifs is 1. The van der Waals surface area contributed by atoms with Crippen LogP contribution in [-0.4, -0.2) is 25.0 Å². The molecule has 0 fully saturated rings. The van der Waals surface area contributed by atoms with Crippen molar-refractivity contribution in [1.29, 1.82) is 0 Å². The van der Waals surface area contributed by atoms with Crippen LogP contribution in [0.25, 0.3) is 0 Å². The van der Waals surface area contributed by atoms with E-state index in [1.54, 1.807) is 13.0 Å². The van der Waals surface area contributed by atoms with Gasteiger partial charge < -0.3 is 19.3 Å². The standard InChI is InChI=1S/C11H11BrO5/c1-5(11(13)14)6-3-7-10(17-4-16-7)8(12)9(6)15-2/h3,5H,4H2,1-2H3,(H,13,14). The number of halogens is 1. The molecular weight excluding hydrogens is 292 g/mol. The Labute approximate surface area is 106 Å². The van der Waals surface area contributed by atoms with Crippen molar-refractivity contribution >= 4 is 21.9 Å². The van der Waals surface area contributed by atoms with Gasteiger partial charge in [-0.25, -0.2) is 0 Å². The lowest BCUT2D eigenvalue weighted by atomic mass is 9.99. The number of ether oxygens (including phenoxy) is 3. The lowest BCUT2D eigenvalue weighted by Gasteiger charge is -2.15. The Hall–Kier alpha value is -1.43. The van der Waals surface area contributed by atoms with Crippen LogP contribution in [0.15, 0.2) is 10.5 Å². The topological polar surface area (TPSA) is 65.0 Å². The van der Waals surface area contributed by atoms with Gasteiger partial charge in [-0.1, -0.05) is 0 Å². The molecule has 92 valence electrons. The van der Waals surface area contributed by atoms with E-state index in [2.05, 4.69) is 15.9 Å². The van der Waals surface area contributed by atoms with Gasteiger partial charge in [0, 0.05) is 5.56 Å². The second kappa shape index (κ2) is 4.44. The summed E-state index contributed by atoms with van der Waals surface area (Å²) in [5, 5.41) is 9.05. The zero-order valence-corrected chi connectivity index (χ0v) is 10.9. The highest BCUT2D eigenvalue weighted by atomic mass is 79.9. The molecule has 1 unspecified atom stereocenters. The first-order valence-corrected chi connectivity index (χ1v) is 5.74. The second-order valence-electron chi connectivity index (χ2n) is 3.61. The van der Waals surface area contributed by atoms with Crippen LogP contribution in [0.5, 0.6) is 17.2 Å². The molecule has 1 aliphatic heterocycles. The summed E-state index contributed by atoms with van der Waals surface area (Å²) in [4.78, 5) is 11.0. The summed E-state index contributed by atoms with van der Waals surface area (Å²) in [7, 11) is 1.49. The van der Waals surface area contributed by atoms with E-state index >= 15 is 0 Å². The van der Waals surface area contributed by atoms with Gasteiger partial charge >= 0.3 is 5.97 Å². The van der Waals surface area contributed by atoms with Gasteiger partial charge in [-0.2, -0.15) is 0 Å². The SMILES string of the molecule is COc1c(C(C)C(=O)O)cc2c(c1Br)OCO2. The fraction of sp³-hybridized carbons (Fsp3) is 0.364. The number of methoxy groups -OCH3 is 1. The molecule has 0 radical (unpaired) electrons. The van der Waals surface area contributed by atoms with Gasteiger partial charge in [0.05, 0.1) is 13.0 Å². The molecule has 1 heterocycles. The average Bonchev–Trinajstić information content (AvgIpc) is 2.76. The van der Waals surface area contributed by atoms with Crippen LogP contribution in [0.4, 0.5) is 0 Å². The van der Waals surface area contributed by atoms with Crippen molar-refractivity contribution in [1.82, 2.24) is 0 Å². The molecule has 0 aliphatic carbocycles. The Morgan fingerprint density at radius 2 is 2.29 bits per heavy atom. The fourth-order valence-electron chi connectivity index (χ4n) is 1.67. The van der Waals surface area contributed by atoms with Crippen molar-refractivity contribution in [2.75, 3.05) is 13.9 Å². The molecule has 0 aromatic heterocycles. The van der Waals surface area contributed by atoms with Crippen molar-refractivity contribution in [3.05, 3.63) is 16.1 Å².